The topological polar surface area (TPSA) is 78.9 Å². The Morgan fingerprint density at radius 1 is 0.263 bits per heavy atom. The average molecular weight is 1060 g/mol. The molecule has 0 aromatic carbocycles. The number of rotatable bonds is 61. The van der Waals surface area contributed by atoms with Crippen molar-refractivity contribution in [3.05, 3.63) is 60.8 Å². The minimum absolute atomic E-state index is 0.0792. The molecule has 0 rings (SSSR count). The van der Waals surface area contributed by atoms with Crippen LogP contribution in [-0.4, -0.2) is 37.2 Å². The smallest absolute Gasteiger partial charge is 0.306 e. The van der Waals surface area contributed by atoms with Crippen LogP contribution in [0.3, 0.4) is 0 Å². The van der Waals surface area contributed by atoms with E-state index in [2.05, 4.69) is 81.5 Å². The van der Waals surface area contributed by atoms with Gasteiger partial charge < -0.3 is 14.2 Å². The summed E-state index contributed by atoms with van der Waals surface area (Å²) in [6.45, 7) is 6.63. The molecule has 0 bridgehead atoms. The van der Waals surface area contributed by atoms with Crippen LogP contribution >= 0.6 is 0 Å². The molecule has 0 amide bonds. The number of hydrogen-bond donors (Lipinski definition) is 0. The van der Waals surface area contributed by atoms with Crippen molar-refractivity contribution in [2.45, 2.75) is 354 Å². The Balaban J connectivity index is 4.29. The molecule has 0 aromatic rings. The second-order valence-electron chi connectivity index (χ2n) is 22.4. The van der Waals surface area contributed by atoms with Gasteiger partial charge in [0.05, 0.1) is 0 Å². The third-order valence-corrected chi connectivity index (χ3v) is 14.7. The first kappa shape index (κ1) is 73.1. The maximum atomic E-state index is 12.9. The van der Waals surface area contributed by atoms with E-state index in [9.17, 15) is 14.4 Å². The molecule has 6 nitrogen and oxygen atoms in total. The van der Waals surface area contributed by atoms with E-state index in [1.807, 2.05) is 0 Å². The van der Waals surface area contributed by atoms with Gasteiger partial charge in [0.15, 0.2) is 6.10 Å². The van der Waals surface area contributed by atoms with Crippen molar-refractivity contribution in [3.63, 3.8) is 0 Å². The molecular weight excluding hydrogens is 937 g/mol. The van der Waals surface area contributed by atoms with E-state index >= 15 is 0 Å². The highest BCUT2D eigenvalue weighted by atomic mass is 16.6. The van der Waals surface area contributed by atoms with Crippen molar-refractivity contribution in [2.24, 2.45) is 0 Å². The summed E-state index contributed by atoms with van der Waals surface area (Å²) in [6.07, 6.45) is 82.3. The molecular formula is C70H126O6. The van der Waals surface area contributed by atoms with Gasteiger partial charge in [-0.25, -0.2) is 0 Å². The van der Waals surface area contributed by atoms with Crippen LogP contribution in [-0.2, 0) is 28.6 Å². The predicted molar refractivity (Wildman–Crippen MR) is 330 cm³/mol. The van der Waals surface area contributed by atoms with Crippen LogP contribution in [0.15, 0.2) is 60.8 Å². The van der Waals surface area contributed by atoms with Crippen LogP contribution in [0.25, 0.3) is 0 Å². The maximum Gasteiger partial charge on any atom is 0.306 e. The molecule has 442 valence electrons. The van der Waals surface area contributed by atoms with E-state index in [4.69, 9.17) is 14.2 Å². The SMILES string of the molecule is CCCCC/C=C\CCCCCCCC(=O)OCC(COC(=O)CCCCCCCCCC/C=C\C/C=C\C/C=C\CCCCCCC)OC(=O)CCCCCCCCCCCCC/C=C\CCCCCCCCCC. The zero-order valence-electron chi connectivity index (χ0n) is 50.8. The lowest BCUT2D eigenvalue weighted by atomic mass is 10.0. The number of allylic oxidation sites excluding steroid dienone is 10. The predicted octanol–water partition coefficient (Wildman–Crippen LogP) is 22.7. The summed E-state index contributed by atoms with van der Waals surface area (Å²) >= 11 is 0. The Kier molecular flexibility index (Phi) is 62.2. The summed E-state index contributed by atoms with van der Waals surface area (Å²) in [4.78, 5) is 38.3. The number of unbranched alkanes of at least 4 members (excludes halogenated alkanes) is 40. The number of esters is 3. The third kappa shape index (κ3) is 62.0. The van der Waals surface area contributed by atoms with Gasteiger partial charge in [-0.15, -0.1) is 0 Å². The lowest BCUT2D eigenvalue weighted by Gasteiger charge is -2.18. The first-order valence-electron chi connectivity index (χ1n) is 33.3. The van der Waals surface area contributed by atoms with Crippen LogP contribution in [0.1, 0.15) is 348 Å². The van der Waals surface area contributed by atoms with Crippen LogP contribution in [0.5, 0.6) is 0 Å². The van der Waals surface area contributed by atoms with E-state index in [-0.39, 0.29) is 31.1 Å². The molecule has 0 saturated heterocycles. The van der Waals surface area contributed by atoms with Crippen LogP contribution in [0.2, 0.25) is 0 Å². The molecule has 0 spiro atoms. The molecule has 6 heteroatoms. The van der Waals surface area contributed by atoms with Gasteiger partial charge in [-0.05, 0) is 109 Å². The Bertz CT molecular complexity index is 1360. The molecule has 76 heavy (non-hydrogen) atoms. The van der Waals surface area contributed by atoms with E-state index in [0.717, 1.165) is 83.5 Å². The van der Waals surface area contributed by atoms with Crippen LogP contribution < -0.4 is 0 Å². The van der Waals surface area contributed by atoms with Gasteiger partial charge in [-0.3, -0.25) is 14.4 Å². The molecule has 1 atom stereocenters. The number of carbonyl (C=O) groups excluding carboxylic acids is 3. The Labute approximate surface area is 472 Å². The minimum Gasteiger partial charge on any atom is -0.462 e. The van der Waals surface area contributed by atoms with Crippen molar-refractivity contribution in [1.29, 1.82) is 0 Å². The summed E-state index contributed by atoms with van der Waals surface area (Å²) in [5.74, 6) is -0.878. The molecule has 0 N–H and O–H groups in total. The van der Waals surface area contributed by atoms with Crippen molar-refractivity contribution < 1.29 is 28.6 Å². The Morgan fingerprint density at radius 2 is 0.474 bits per heavy atom. The lowest BCUT2D eigenvalue weighted by molar-refractivity contribution is -0.167. The molecule has 0 radical (unpaired) electrons. The normalized spacial score (nSPS) is 12.4. The molecule has 0 aliphatic carbocycles. The summed E-state index contributed by atoms with van der Waals surface area (Å²) < 4.78 is 16.9. The maximum absolute atomic E-state index is 12.9. The summed E-state index contributed by atoms with van der Waals surface area (Å²) in [5, 5.41) is 0. The standard InChI is InChI=1S/C70H126O6/c1-4-7-10-13-16-19-22-25-27-29-31-33-35-37-39-41-43-45-48-51-54-57-60-63-69(72)75-66-67(65-74-68(71)62-59-56-53-50-47-24-21-18-15-12-9-6-3)76-70(73)64-61-58-55-52-49-46-44-42-40-38-36-34-32-30-28-26-23-20-17-14-11-8-5-2/h18,21-22,25,29-32,35,37,67H,4-17,19-20,23-24,26-28,33-34,36,38-66H2,1-3H3/b21-18-,25-22-,31-29-,32-30-,37-35-. The van der Waals surface area contributed by atoms with E-state index in [1.165, 1.54) is 225 Å². The van der Waals surface area contributed by atoms with Gasteiger partial charge in [0.1, 0.15) is 13.2 Å². The number of hydrogen-bond acceptors (Lipinski definition) is 6. The first-order valence-corrected chi connectivity index (χ1v) is 33.3. The Morgan fingerprint density at radius 3 is 0.776 bits per heavy atom. The highest BCUT2D eigenvalue weighted by Gasteiger charge is 2.19. The van der Waals surface area contributed by atoms with E-state index < -0.39 is 6.10 Å². The fourth-order valence-electron chi connectivity index (χ4n) is 9.68. The second-order valence-corrected chi connectivity index (χ2v) is 22.4. The highest BCUT2D eigenvalue weighted by molar-refractivity contribution is 5.71. The van der Waals surface area contributed by atoms with Gasteiger partial charge in [0, 0.05) is 19.3 Å². The minimum atomic E-state index is -0.782. The summed E-state index contributed by atoms with van der Waals surface area (Å²) in [6, 6.07) is 0. The van der Waals surface area contributed by atoms with E-state index in [1.54, 1.807) is 0 Å². The third-order valence-electron chi connectivity index (χ3n) is 14.7. The van der Waals surface area contributed by atoms with Crippen LogP contribution in [0, 0.1) is 0 Å². The molecule has 0 saturated carbocycles. The fourth-order valence-corrected chi connectivity index (χ4v) is 9.68. The number of carbonyl (C=O) groups is 3. The zero-order valence-corrected chi connectivity index (χ0v) is 50.8. The van der Waals surface area contributed by atoms with Crippen molar-refractivity contribution >= 4 is 17.9 Å². The molecule has 0 heterocycles. The quantitative estimate of drug-likeness (QED) is 0.0261. The highest BCUT2D eigenvalue weighted by Crippen LogP contribution is 2.17. The summed E-state index contributed by atoms with van der Waals surface area (Å²) in [7, 11) is 0. The summed E-state index contributed by atoms with van der Waals surface area (Å²) in [5.41, 5.74) is 0. The Hall–Kier alpha value is -2.89. The van der Waals surface area contributed by atoms with Crippen LogP contribution in [0.4, 0.5) is 0 Å². The van der Waals surface area contributed by atoms with Gasteiger partial charge in [0.2, 0.25) is 0 Å². The van der Waals surface area contributed by atoms with E-state index in [0.29, 0.717) is 19.3 Å². The zero-order chi connectivity index (χ0) is 55.0. The van der Waals surface area contributed by atoms with Crippen molar-refractivity contribution in [3.8, 4) is 0 Å². The first-order chi connectivity index (χ1) is 37.5. The van der Waals surface area contributed by atoms with Gasteiger partial charge in [0.25, 0.3) is 0 Å². The van der Waals surface area contributed by atoms with Crippen molar-refractivity contribution in [1.82, 2.24) is 0 Å². The fraction of sp³-hybridized carbons (Fsp3) is 0.814. The number of ether oxygens (including phenoxy) is 3. The molecule has 0 fully saturated rings. The van der Waals surface area contributed by atoms with Gasteiger partial charge >= 0.3 is 17.9 Å². The van der Waals surface area contributed by atoms with Gasteiger partial charge in [-0.2, -0.15) is 0 Å². The van der Waals surface area contributed by atoms with Crippen molar-refractivity contribution in [2.75, 3.05) is 13.2 Å². The molecule has 0 aliphatic rings. The molecule has 1 unspecified atom stereocenters. The van der Waals surface area contributed by atoms with Gasteiger partial charge in [-0.1, -0.05) is 281 Å². The molecule has 0 aliphatic heterocycles. The average Bonchev–Trinajstić information content (AvgIpc) is 3.42. The lowest BCUT2D eigenvalue weighted by Crippen LogP contribution is -2.30. The largest absolute Gasteiger partial charge is 0.462 e. The second kappa shape index (κ2) is 64.6. The molecule has 0 aromatic heterocycles. The monoisotopic (exact) mass is 1060 g/mol.